The lowest BCUT2D eigenvalue weighted by molar-refractivity contribution is 0.867. The molecule has 2 aromatic carbocycles. The zero-order valence-corrected chi connectivity index (χ0v) is 12.2. The van der Waals surface area contributed by atoms with Gasteiger partial charge in [0.25, 0.3) is 0 Å². The van der Waals surface area contributed by atoms with E-state index in [0.29, 0.717) is 5.92 Å². The van der Waals surface area contributed by atoms with Crippen molar-refractivity contribution >= 4 is 10.8 Å². The zero-order chi connectivity index (χ0) is 14.1. The normalized spacial score (nSPS) is 11.2. The van der Waals surface area contributed by atoms with Crippen LogP contribution in [-0.4, -0.2) is 4.98 Å². The zero-order valence-electron chi connectivity index (χ0n) is 12.2. The minimum absolute atomic E-state index is 0.562. The van der Waals surface area contributed by atoms with Gasteiger partial charge in [-0.2, -0.15) is 0 Å². The number of aromatic nitrogens is 1. The molecule has 20 heavy (non-hydrogen) atoms. The lowest BCUT2D eigenvalue weighted by Crippen LogP contribution is -1.91. The Morgan fingerprint density at radius 1 is 0.850 bits per heavy atom. The maximum atomic E-state index is 4.65. The third-order valence-electron chi connectivity index (χ3n) is 3.85. The highest BCUT2D eigenvalue weighted by Gasteiger charge is 2.07. The summed E-state index contributed by atoms with van der Waals surface area (Å²) in [7, 11) is 0. The van der Waals surface area contributed by atoms with E-state index in [2.05, 4.69) is 74.3 Å². The van der Waals surface area contributed by atoms with Crippen molar-refractivity contribution in [3.63, 3.8) is 0 Å². The molecule has 3 aromatic rings. The molecule has 1 nitrogen and oxygen atoms in total. The van der Waals surface area contributed by atoms with Crippen LogP contribution in [0.5, 0.6) is 0 Å². The molecule has 0 radical (unpaired) electrons. The van der Waals surface area contributed by atoms with Crippen LogP contribution in [0.3, 0.4) is 0 Å². The third-order valence-corrected chi connectivity index (χ3v) is 3.85. The lowest BCUT2D eigenvalue weighted by Gasteiger charge is -2.10. The summed E-state index contributed by atoms with van der Waals surface area (Å²) in [5.74, 6) is 0.562. The van der Waals surface area contributed by atoms with Crippen LogP contribution in [0.1, 0.15) is 30.9 Å². The lowest BCUT2D eigenvalue weighted by atomic mass is 9.98. The molecule has 100 valence electrons. The minimum Gasteiger partial charge on any atom is -0.255 e. The average Bonchev–Trinajstić information content (AvgIpc) is 2.48. The SMILES string of the molecule is Cc1cnc(-c2ccc(C(C)C)cc2)c2ccccc12. The van der Waals surface area contributed by atoms with E-state index in [1.54, 1.807) is 0 Å². The second kappa shape index (κ2) is 5.09. The fraction of sp³-hybridized carbons (Fsp3) is 0.211. The van der Waals surface area contributed by atoms with Gasteiger partial charge in [0.15, 0.2) is 0 Å². The Kier molecular flexibility index (Phi) is 3.27. The van der Waals surface area contributed by atoms with Crippen LogP contribution >= 0.6 is 0 Å². The summed E-state index contributed by atoms with van der Waals surface area (Å²) in [6, 6.07) is 17.3. The molecule has 0 spiro atoms. The van der Waals surface area contributed by atoms with Crippen molar-refractivity contribution in [2.75, 3.05) is 0 Å². The molecule has 1 heteroatoms. The van der Waals surface area contributed by atoms with Crippen LogP contribution in [0.15, 0.2) is 54.7 Å². The molecule has 1 aromatic heterocycles. The van der Waals surface area contributed by atoms with Gasteiger partial charge in [-0.3, -0.25) is 4.98 Å². The quantitative estimate of drug-likeness (QED) is 0.607. The molecule has 0 aliphatic rings. The highest BCUT2D eigenvalue weighted by molar-refractivity contribution is 5.96. The van der Waals surface area contributed by atoms with E-state index in [9.17, 15) is 0 Å². The largest absolute Gasteiger partial charge is 0.255 e. The molecule has 3 rings (SSSR count). The molecule has 0 saturated heterocycles. The van der Waals surface area contributed by atoms with E-state index in [0.717, 1.165) is 5.69 Å². The van der Waals surface area contributed by atoms with E-state index in [-0.39, 0.29) is 0 Å². The Balaban J connectivity index is 2.17. The van der Waals surface area contributed by atoms with Crippen molar-refractivity contribution in [2.24, 2.45) is 0 Å². The second-order valence-electron chi connectivity index (χ2n) is 5.61. The summed E-state index contributed by atoms with van der Waals surface area (Å²) in [6.07, 6.45) is 1.97. The highest BCUT2D eigenvalue weighted by atomic mass is 14.7. The number of pyridine rings is 1. The molecule has 0 N–H and O–H groups in total. The van der Waals surface area contributed by atoms with Crippen LogP contribution in [0.4, 0.5) is 0 Å². The first kappa shape index (κ1) is 12.9. The second-order valence-corrected chi connectivity index (χ2v) is 5.61. The van der Waals surface area contributed by atoms with Gasteiger partial charge in [0, 0.05) is 17.1 Å². The van der Waals surface area contributed by atoms with Gasteiger partial charge in [-0.25, -0.2) is 0 Å². The van der Waals surface area contributed by atoms with Crippen molar-refractivity contribution in [2.45, 2.75) is 26.7 Å². The number of hydrogen-bond acceptors (Lipinski definition) is 1. The smallest absolute Gasteiger partial charge is 0.0780 e. The summed E-state index contributed by atoms with van der Waals surface area (Å²) in [5, 5.41) is 2.51. The minimum atomic E-state index is 0.562. The van der Waals surface area contributed by atoms with Crippen LogP contribution in [-0.2, 0) is 0 Å². The molecule has 1 heterocycles. The average molecular weight is 261 g/mol. The molecule has 0 atom stereocenters. The predicted octanol–water partition coefficient (Wildman–Crippen LogP) is 5.33. The number of nitrogens with zero attached hydrogens (tertiary/aromatic N) is 1. The molecule has 0 aliphatic carbocycles. The summed E-state index contributed by atoms with van der Waals surface area (Å²) in [5.41, 5.74) is 4.85. The van der Waals surface area contributed by atoms with Crippen molar-refractivity contribution in [3.05, 3.63) is 65.9 Å². The Morgan fingerprint density at radius 2 is 1.50 bits per heavy atom. The van der Waals surface area contributed by atoms with Crippen molar-refractivity contribution < 1.29 is 0 Å². The topological polar surface area (TPSA) is 12.9 Å². The van der Waals surface area contributed by atoms with Gasteiger partial charge in [0.2, 0.25) is 0 Å². The number of rotatable bonds is 2. The summed E-state index contributed by atoms with van der Waals surface area (Å²) in [6.45, 7) is 6.55. The maximum Gasteiger partial charge on any atom is 0.0780 e. The van der Waals surface area contributed by atoms with Crippen LogP contribution in [0, 0.1) is 6.92 Å². The monoisotopic (exact) mass is 261 g/mol. The highest BCUT2D eigenvalue weighted by Crippen LogP contribution is 2.29. The fourth-order valence-corrected chi connectivity index (χ4v) is 2.59. The molecule has 0 fully saturated rings. The van der Waals surface area contributed by atoms with Crippen LogP contribution in [0.25, 0.3) is 22.0 Å². The molecule has 0 unspecified atom stereocenters. The van der Waals surface area contributed by atoms with E-state index < -0.39 is 0 Å². The van der Waals surface area contributed by atoms with Gasteiger partial charge in [-0.05, 0) is 29.4 Å². The van der Waals surface area contributed by atoms with Crippen molar-refractivity contribution in [3.8, 4) is 11.3 Å². The molecule has 0 amide bonds. The summed E-state index contributed by atoms with van der Waals surface area (Å²) >= 11 is 0. The molecular weight excluding hydrogens is 242 g/mol. The Morgan fingerprint density at radius 3 is 2.15 bits per heavy atom. The van der Waals surface area contributed by atoms with Gasteiger partial charge >= 0.3 is 0 Å². The van der Waals surface area contributed by atoms with Crippen LogP contribution < -0.4 is 0 Å². The van der Waals surface area contributed by atoms with Gasteiger partial charge in [-0.15, -0.1) is 0 Å². The standard InChI is InChI=1S/C19H19N/c1-13(2)15-8-10-16(11-9-15)19-18-7-5-4-6-17(18)14(3)12-20-19/h4-13H,1-3H3. The third kappa shape index (κ3) is 2.20. The molecule has 0 saturated carbocycles. The first-order valence-electron chi connectivity index (χ1n) is 7.11. The number of fused-ring (bicyclic) bond motifs is 1. The first-order chi connectivity index (χ1) is 9.66. The van der Waals surface area contributed by atoms with Crippen LogP contribution in [0.2, 0.25) is 0 Å². The summed E-state index contributed by atoms with van der Waals surface area (Å²) in [4.78, 5) is 4.65. The number of hydrogen-bond donors (Lipinski definition) is 0. The Hall–Kier alpha value is -2.15. The van der Waals surface area contributed by atoms with Gasteiger partial charge < -0.3 is 0 Å². The van der Waals surface area contributed by atoms with E-state index in [1.165, 1.54) is 27.5 Å². The predicted molar refractivity (Wildman–Crippen MR) is 86.0 cm³/mol. The van der Waals surface area contributed by atoms with E-state index in [4.69, 9.17) is 0 Å². The summed E-state index contributed by atoms with van der Waals surface area (Å²) < 4.78 is 0. The molecular formula is C19H19N. The molecule has 0 bridgehead atoms. The number of aryl methyl sites for hydroxylation is 1. The Bertz CT molecular complexity index is 739. The first-order valence-corrected chi connectivity index (χ1v) is 7.11. The van der Waals surface area contributed by atoms with Gasteiger partial charge in [0.1, 0.15) is 0 Å². The van der Waals surface area contributed by atoms with Crippen molar-refractivity contribution in [1.29, 1.82) is 0 Å². The van der Waals surface area contributed by atoms with E-state index >= 15 is 0 Å². The fourth-order valence-electron chi connectivity index (χ4n) is 2.59. The Labute approximate surface area is 120 Å². The number of benzene rings is 2. The maximum absolute atomic E-state index is 4.65. The molecule has 0 aliphatic heterocycles. The van der Waals surface area contributed by atoms with Crippen molar-refractivity contribution in [1.82, 2.24) is 4.98 Å². The van der Waals surface area contributed by atoms with Gasteiger partial charge in [0.05, 0.1) is 5.69 Å². The van der Waals surface area contributed by atoms with Gasteiger partial charge in [-0.1, -0.05) is 62.4 Å². The van der Waals surface area contributed by atoms with E-state index in [1.807, 2.05) is 6.20 Å².